The lowest BCUT2D eigenvalue weighted by atomic mass is 10.1. The van der Waals surface area contributed by atoms with Crippen molar-refractivity contribution in [3.63, 3.8) is 0 Å². The van der Waals surface area contributed by atoms with Crippen molar-refractivity contribution in [1.82, 2.24) is 10.3 Å². The van der Waals surface area contributed by atoms with Crippen LogP contribution in [0.25, 0.3) is 0 Å². The summed E-state index contributed by atoms with van der Waals surface area (Å²) in [5.74, 6) is 1.45. The molecule has 4 heteroatoms. The van der Waals surface area contributed by atoms with E-state index in [2.05, 4.69) is 31.1 Å². The lowest BCUT2D eigenvalue weighted by molar-refractivity contribution is 0.166. The summed E-state index contributed by atoms with van der Waals surface area (Å²) in [6.07, 6.45) is 4.75. The summed E-state index contributed by atoms with van der Waals surface area (Å²) in [7, 11) is 0. The quantitative estimate of drug-likeness (QED) is 0.887. The van der Waals surface area contributed by atoms with E-state index in [1.165, 1.54) is 0 Å². The van der Waals surface area contributed by atoms with E-state index in [9.17, 15) is 0 Å². The van der Waals surface area contributed by atoms with Gasteiger partial charge in [-0.15, -0.1) is 0 Å². The molecule has 1 atom stereocenters. The Kier molecular flexibility index (Phi) is 4.77. The monoisotopic (exact) mass is 264 g/mol. The minimum atomic E-state index is 0.0897. The summed E-state index contributed by atoms with van der Waals surface area (Å²) < 4.78 is 11.3. The molecule has 1 aliphatic heterocycles. The molecule has 4 nitrogen and oxygen atoms in total. The van der Waals surface area contributed by atoms with Crippen molar-refractivity contribution < 1.29 is 9.47 Å². The summed E-state index contributed by atoms with van der Waals surface area (Å²) in [4.78, 5) is 4.18. The van der Waals surface area contributed by atoms with Crippen LogP contribution in [0.5, 0.6) is 5.75 Å². The van der Waals surface area contributed by atoms with Crippen LogP contribution in [0.1, 0.15) is 32.8 Å². The van der Waals surface area contributed by atoms with Crippen LogP contribution in [0.4, 0.5) is 0 Å². The Hall–Kier alpha value is -1.13. The fourth-order valence-corrected chi connectivity index (χ4v) is 1.97. The molecule has 1 saturated heterocycles. The lowest BCUT2D eigenvalue weighted by Gasteiger charge is -2.21. The average Bonchev–Trinajstić information content (AvgIpc) is 2.87. The first-order chi connectivity index (χ1) is 9.04. The highest BCUT2D eigenvalue weighted by molar-refractivity contribution is 5.30. The molecule has 0 spiro atoms. The largest absolute Gasteiger partial charge is 0.493 e. The van der Waals surface area contributed by atoms with Crippen LogP contribution in [0.3, 0.4) is 0 Å². The summed E-state index contributed by atoms with van der Waals surface area (Å²) >= 11 is 0. The molecule has 1 unspecified atom stereocenters. The molecule has 0 bridgehead atoms. The second kappa shape index (κ2) is 6.35. The third-order valence-electron chi connectivity index (χ3n) is 3.17. The van der Waals surface area contributed by atoms with Crippen molar-refractivity contribution in [1.29, 1.82) is 0 Å². The molecule has 1 N–H and O–H groups in total. The van der Waals surface area contributed by atoms with Gasteiger partial charge in [0.15, 0.2) is 0 Å². The van der Waals surface area contributed by atoms with Crippen LogP contribution in [0, 0.1) is 5.92 Å². The molecule has 106 valence electrons. The van der Waals surface area contributed by atoms with E-state index in [0.717, 1.165) is 44.1 Å². The van der Waals surface area contributed by atoms with Crippen LogP contribution >= 0.6 is 0 Å². The second-order valence-corrected chi connectivity index (χ2v) is 6.13. The van der Waals surface area contributed by atoms with Crippen molar-refractivity contribution in [2.75, 3.05) is 19.8 Å². The van der Waals surface area contributed by atoms with Crippen LogP contribution in [-0.2, 0) is 11.3 Å². The second-order valence-electron chi connectivity index (χ2n) is 6.13. The van der Waals surface area contributed by atoms with Gasteiger partial charge in [0.25, 0.3) is 0 Å². The number of aromatic nitrogens is 1. The van der Waals surface area contributed by atoms with Crippen LogP contribution in [0.15, 0.2) is 18.5 Å². The van der Waals surface area contributed by atoms with Gasteiger partial charge in [-0.2, -0.15) is 0 Å². The molecule has 1 aromatic rings. The zero-order valence-corrected chi connectivity index (χ0v) is 12.1. The standard InChI is InChI=1S/C15H24N2O2/c1-15(2,3)17-9-13-8-16-6-4-14(13)19-11-12-5-7-18-10-12/h4,6,8,12,17H,5,7,9-11H2,1-3H3. The fraction of sp³-hybridized carbons (Fsp3) is 0.667. The minimum absolute atomic E-state index is 0.0897. The molecule has 0 aliphatic carbocycles. The zero-order valence-electron chi connectivity index (χ0n) is 12.1. The van der Waals surface area contributed by atoms with E-state index in [-0.39, 0.29) is 5.54 Å². The van der Waals surface area contributed by atoms with Gasteiger partial charge in [-0.1, -0.05) is 0 Å². The molecule has 1 aliphatic rings. The van der Waals surface area contributed by atoms with Gasteiger partial charge >= 0.3 is 0 Å². The lowest BCUT2D eigenvalue weighted by Crippen LogP contribution is -2.35. The summed E-state index contributed by atoms with van der Waals surface area (Å²) in [5.41, 5.74) is 1.20. The Morgan fingerprint density at radius 1 is 1.47 bits per heavy atom. The topological polar surface area (TPSA) is 43.4 Å². The van der Waals surface area contributed by atoms with E-state index < -0.39 is 0 Å². The molecular formula is C15H24N2O2. The molecule has 0 amide bonds. The highest BCUT2D eigenvalue weighted by Crippen LogP contribution is 2.20. The summed E-state index contributed by atoms with van der Waals surface area (Å²) in [6.45, 7) is 9.64. The average molecular weight is 264 g/mol. The Morgan fingerprint density at radius 3 is 3.00 bits per heavy atom. The summed E-state index contributed by atoms with van der Waals surface area (Å²) in [6, 6.07) is 1.94. The zero-order chi connectivity index (χ0) is 13.7. The van der Waals surface area contributed by atoms with Gasteiger partial charge in [-0.25, -0.2) is 0 Å². The molecule has 1 fully saturated rings. The van der Waals surface area contributed by atoms with Gasteiger partial charge in [0.1, 0.15) is 5.75 Å². The van der Waals surface area contributed by atoms with Crippen LogP contribution < -0.4 is 10.1 Å². The Balaban J connectivity index is 1.91. The van der Waals surface area contributed by atoms with E-state index in [4.69, 9.17) is 9.47 Å². The number of nitrogens with zero attached hydrogens (tertiary/aromatic N) is 1. The first-order valence-electron chi connectivity index (χ1n) is 6.93. The first-order valence-corrected chi connectivity index (χ1v) is 6.93. The van der Waals surface area contributed by atoms with Gasteiger partial charge in [0.2, 0.25) is 0 Å². The van der Waals surface area contributed by atoms with Gasteiger partial charge < -0.3 is 14.8 Å². The summed E-state index contributed by atoms with van der Waals surface area (Å²) in [5, 5.41) is 3.46. The van der Waals surface area contributed by atoms with E-state index in [0.29, 0.717) is 5.92 Å². The van der Waals surface area contributed by atoms with E-state index in [1.54, 1.807) is 6.20 Å². The van der Waals surface area contributed by atoms with Crippen LogP contribution in [0.2, 0.25) is 0 Å². The third-order valence-corrected chi connectivity index (χ3v) is 3.17. The van der Waals surface area contributed by atoms with Gasteiger partial charge in [0.05, 0.1) is 13.2 Å². The molecule has 2 rings (SSSR count). The van der Waals surface area contributed by atoms with Crippen LogP contribution in [-0.4, -0.2) is 30.3 Å². The molecule has 2 heterocycles. The van der Waals surface area contributed by atoms with Crippen molar-refractivity contribution in [2.24, 2.45) is 5.92 Å². The molecule has 1 aromatic heterocycles. The molecule has 0 saturated carbocycles. The number of hydrogen-bond donors (Lipinski definition) is 1. The highest BCUT2D eigenvalue weighted by atomic mass is 16.5. The van der Waals surface area contributed by atoms with Gasteiger partial charge in [0, 0.05) is 42.6 Å². The predicted octanol–water partition coefficient (Wildman–Crippen LogP) is 2.39. The number of ether oxygens (including phenoxy) is 2. The fourth-order valence-electron chi connectivity index (χ4n) is 1.97. The smallest absolute Gasteiger partial charge is 0.126 e. The maximum atomic E-state index is 5.93. The number of pyridine rings is 1. The van der Waals surface area contributed by atoms with Crippen molar-refractivity contribution >= 4 is 0 Å². The molecule has 0 radical (unpaired) electrons. The number of nitrogens with one attached hydrogen (secondary N) is 1. The van der Waals surface area contributed by atoms with E-state index in [1.807, 2.05) is 12.3 Å². The first kappa shape index (κ1) is 14.3. The van der Waals surface area contributed by atoms with Gasteiger partial charge in [-0.05, 0) is 33.3 Å². The maximum Gasteiger partial charge on any atom is 0.126 e. The minimum Gasteiger partial charge on any atom is -0.493 e. The SMILES string of the molecule is CC(C)(C)NCc1cnccc1OCC1CCOC1. The number of hydrogen-bond acceptors (Lipinski definition) is 4. The molecular weight excluding hydrogens is 240 g/mol. The van der Waals surface area contributed by atoms with E-state index >= 15 is 0 Å². The van der Waals surface area contributed by atoms with Crippen molar-refractivity contribution in [3.8, 4) is 5.75 Å². The van der Waals surface area contributed by atoms with Crippen molar-refractivity contribution in [3.05, 3.63) is 24.0 Å². The highest BCUT2D eigenvalue weighted by Gasteiger charge is 2.17. The Bertz CT molecular complexity index is 395. The van der Waals surface area contributed by atoms with Crippen molar-refractivity contribution in [2.45, 2.75) is 39.3 Å². The number of rotatable bonds is 5. The molecule has 0 aromatic carbocycles. The maximum absolute atomic E-state index is 5.93. The normalized spacial score (nSPS) is 19.6. The predicted molar refractivity (Wildman–Crippen MR) is 75.3 cm³/mol. The Labute approximate surface area is 115 Å². The van der Waals surface area contributed by atoms with Gasteiger partial charge in [-0.3, -0.25) is 4.98 Å². The molecule has 19 heavy (non-hydrogen) atoms. The Morgan fingerprint density at radius 2 is 2.32 bits per heavy atom. The third kappa shape index (κ3) is 4.80.